The van der Waals surface area contributed by atoms with Crippen molar-refractivity contribution in [3.8, 4) is 17.4 Å². The van der Waals surface area contributed by atoms with Crippen molar-refractivity contribution in [3.05, 3.63) is 54.6 Å². The lowest BCUT2D eigenvalue weighted by molar-refractivity contribution is -0.705. The summed E-state index contributed by atoms with van der Waals surface area (Å²) in [5.41, 5.74) is 1.42. The molecule has 0 aliphatic rings. The SMILES string of the molecule is CCOc1ccc(NC(=O)CCSc2c([O-])on[n+]2-c2ccccc2)cc1. The van der Waals surface area contributed by atoms with E-state index in [-0.39, 0.29) is 12.3 Å². The van der Waals surface area contributed by atoms with Crippen LogP contribution in [0.2, 0.25) is 0 Å². The molecule has 0 unspecified atom stereocenters. The molecule has 0 saturated carbocycles. The van der Waals surface area contributed by atoms with E-state index in [0.717, 1.165) is 11.4 Å². The van der Waals surface area contributed by atoms with Crippen LogP contribution in [0.1, 0.15) is 13.3 Å². The van der Waals surface area contributed by atoms with Gasteiger partial charge in [0.05, 0.1) is 11.9 Å². The van der Waals surface area contributed by atoms with Crippen LogP contribution in [0, 0.1) is 0 Å². The van der Waals surface area contributed by atoms with E-state index < -0.39 is 5.95 Å². The number of hydrogen-bond acceptors (Lipinski definition) is 6. The third-order valence-corrected chi connectivity index (χ3v) is 4.61. The first-order valence-electron chi connectivity index (χ1n) is 8.47. The Morgan fingerprint density at radius 1 is 1.22 bits per heavy atom. The molecule has 1 heterocycles. The molecule has 0 radical (unpaired) electrons. The molecule has 0 atom stereocenters. The summed E-state index contributed by atoms with van der Waals surface area (Å²) in [5, 5.41) is 18.8. The monoisotopic (exact) mass is 385 g/mol. The summed E-state index contributed by atoms with van der Waals surface area (Å²) in [5.74, 6) is 0.524. The van der Waals surface area contributed by atoms with Crippen LogP contribution in [0.5, 0.6) is 11.7 Å². The third-order valence-electron chi connectivity index (χ3n) is 3.59. The highest BCUT2D eigenvalue weighted by Gasteiger charge is 2.20. The van der Waals surface area contributed by atoms with Gasteiger partial charge in [0.15, 0.2) is 5.95 Å². The maximum atomic E-state index is 12.1. The van der Waals surface area contributed by atoms with Crippen molar-refractivity contribution in [1.29, 1.82) is 0 Å². The maximum Gasteiger partial charge on any atom is 0.297 e. The lowest BCUT2D eigenvalue weighted by Gasteiger charge is -2.06. The number of hydrogen-bond donors (Lipinski definition) is 1. The topological polar surface area (TPSA) is 91.3 Å². The Morgan fingerprint density at radius 3 is 2.67 bits per heavy atom. The first-order valence-corrected chi connectivity index (χ1v) is 9.46. The third kappa shape index (κ3) is 5.01. The minimum Gasteiger partial charge on any atom is -0.538 e. The molecule has 3 rings (SSSR count). The number of anilines is 1. The quantitative estimate of drug-likeness (QED) is 0.473. The molecule has 140 valence electrons. The molecule has 7 nitrogen and oxygen atoms in total. The predicted octanol–water partition coefficient (Wildman–Crippen LogP) is 2.54. The van der Waals surface area contributed by atoms with Gasteiger partial charge in [-0.3, -0.25) is 4.79 Å². The number of ether oxygens (including phenoxy) is 1. The van der Waals surface area contributed by atoms with Gasteiger partial charge >= 0.3 is 0 Å². The van der Waals surface area contributed by atoms with Crippen LogP contribution in [0.15, 0.2) is 64.1 Å². The van der Waals surface area contributed by atoms with Crippen LogP contribution < -0.4 is 19.8 Å². The minimum absolute atomic E-state index is 0.137. The Morgan fingerprint density at radius 2 is 1.96 bits per heavy atom. The predicted molar refractivity (Wildman–Crippen MR) is 99.1 cm³/mol. The maximum absolute atomic E-state index is 12.1. The molecular weight excluding hydrogens is 366 g/mol. The summed E-state index contributed by atoms with van der Waals surface area (Å²) < 4.78 is 11.6. The lowest BCUT2D eigenvalue weighted by Crippen LogP contribution is -2.34. The number of carbonyl (C=O) groups excluding carboxylic acids is 1. The molecule has 2 aromatic carbocycles. The van der Waals surface area contributed by atoms with Crippen molar-refractivity contribution in [2.24, 2.45) is 0 Å². The van der Waals surface area contributed by atoms with Gasteiger partial charge in [-0.2, -0.15) is 0 Å². The number of rotatable bonds is 8. The van der Waals surface area contributed by atoms with E-state index in [4.69, 9.17) is 9.26 Å². The molecular formula is C19H19N3O4S. The standard InChI is InChI=1S/C19H19N3O4S/c1-2-25-16-10-8-14(9-11-16)20-17(23)12-13-27-18-19(24)26-21-22(18)15-6-4-3-5-7-15/h3-11H,2,12-13H2,1H3,(H-,20,21,23,24). The second-order valence-electron chi connectivity index (χ2n) is 5.52. The molecule has 0 spiro atoms. The number of benzene rings is 2. The fourth-order valence-corrected chi connectivity index (χ4v) is 3.26. The van der Waals surface area contributed by atoms with Gasteiger partial charge < -0.3 is 19.7 Å². The van der Waals surface area contributed by atoms with Crippen LogP contribution in [-0.2, 0) is 4.79 Å². The first-order chi connectivity index (χ1) is 13.2. The summed E-state index contributed by atoms with van der Waals surface area (Å²) in [6.07, 6.45) is 0.247. The number of carbonyl (C=O) groups is 1. The van der Waals surface area contributed by atoms with E-state index >= 15 is 0 Å². The molecule has 1 amide bonds. The van der Waals surface area contributed by atoms with Crippen molar-refractivity contribution < 1.29 is 23.8 Å². The number of para-hydroxylation sites is 1. The Balaban J connectivity index is 1.54. The molecule has 27 heavy (non-hydrogen) atoms. The van der Waals surface area contributed by atoms with E-state index in [9.17, 15) is 9.90 Å². The van der Waals surface area contributed by atoms with Crippen LogP contribution in [0.25, 0.3) is 5.69 Å². The summed E-state index contributed by atoms with van der Waals surface area (Å²) in [7, 11) is 0. The first kappa shape index (κ1) is 18.8. The van der Waals surface area contributed by atoms with Gasteiger partial charge in [-0.25, -0.2) is 0 Å². The average Bonchev–Trinajstić information content (AvgIpc) is 3.05. The zero-order valence-corrected chi connectivity index (χ0v) is 15.6. The van der Waals surface area contributed by atoms with Crippen LogP contribution in [0.4, 0.5) is 5.69 Å². The van der Waals surface area contributed by atoms with Crippen molar-refractivity contribution in [3.63, 3.8) is 0 Å². The zero-order chi connectivity index (χ0) is 19.1. The largest absolute Gasteiger partial charge is 0.538 e. The molecule has 0 aliphatic carbocycles. The van der Waals surface area contributed by atoms with Gasteiger partial charge in [0.1, 0.15) is 5.75 Å². The fraction of sp³-hybridized carbons (Fsp3) is 0.211. The van der Waals surface area contributed by atoms with Gasteiger partial charge in [-0.1, -0.05) is 30.0 Å². The number of aromatic nitrogens is 2. The van der Waals surface area contributed by atoms with Crippen LogP contribution >= 0.6 is 11.8 Å². The Kier molecular flexibility index (Phi) is 6.32. The van der Waals surface area contributed by atoms with Crippen molar-refractivity contribution in [2.75, 3.05) is 17.7 Å². The average molecular weight is 385 g/mol. The van der Waals surface area contributed by atoms with E-state index in [1.54, 1.807) is 24.3 Å². The summed E-state index contributed by atoms with van der Waals surface area (Å²) in [6.45, 7) is 2.51. The van der Waals surface area contributed by atoms with Gasteiger partial charge in [-0.15, -0.1) is 0 Å². The number of amides is 1. The van der Waals surface area contributed by atoms with Crippen molar-refractivity contribution >= 4 is 23.4 Å². The molecule has 3 aromatic rings. The molecule has 1 N–H and O–H groups in total. The van der Waals surface area contributed by atoms with Crippen molar-refractivity contribution in [1.82, 2.24) is 5.27 Å². The lowest BCUT2D eigenvalue weighted by atomic mass is 10.3. The van der Waals surface area contributed by atoms with Gasteiger partial charge in [0, 0.05) is 30.0 Å². The van der Waals surface area contributed by atoms with Gasteiger partial charge in [0.25, 0.3) is 5.03 Å². The van der Waals surface area contributed by atoms with Gasteiger partial charge in [-0.05, 0) is 35.9 Å². The molecule has 8 heteroatoms. The smallest absolute Gasteiger partial charge is 0.297 e. The van der Waals surface area contributed by atoms with E-state index in [1.165, 1.54) is 16.4 Å². The zero-order valence-electron chi connectivity index (χ0n) is 14.8. The van der Waals surface area contributed by atoms with Crippen LogP contribution in [0.3, 0.4) is 0 Å². The van der Waals surface area contributed by atoms with Gasteiger partial charge in [0.2, 0.25) is 11.6 Å². The number of nitrogens with one attached hydrogen (secondary N) is 1. The number of nitrogens with zero attached hydrogens (tertiary/aromatic N) is 2. The normalized spacial score (nSPS) is 10.6. The molecule has 0 saturated heterocycles. The summed E-state index contributed by atoms with van der Waals surface area (Å²) >= 11 is 1.24. The Hall–Kier alpha value is -3.00. The highest BCUT2D eigenvalue weighted by molar-refractivity contribution is 7.99. The second kappa shape index (κ2) is 9.09. The highest BCUT2D eigenvalue weighted by Crippen LogP contribution is 2.24. The Bertz CT molecular complexity index is 882. The molecule has 0 fully saturated rings. The minimum atomic E-state index is -0.518. The van der Waals surface area contributed by atoms with Crippen LogP contribution in [-0.4, -0.2) is 23.5 Å². The fourth-order valence-electron chi connectivity index (χ4n) is 2.36. The Labute approximate surface area is 160 Å². The molecule has 0 aliphatic heterocycles. The van der Waals surface area contributed by atoms with E-state index in [2.05, 4.69) is 10.6 Å². The van der Waals surface area contributed by atoms with E-state index in [1.807, 2.05) is 37.3 Å². The summed E-state index contributed by atoms with van der Waals surface area (Å²) in [4.78, 5) is 12.1. The number of thioether (sulfide) groups is 1. The second-order valence-corrected chi connectivity index (χ2v) is 6.60. The van der Waals surface area contributed by atoms with E-state index in [0.29, 0.717) is 23.1 Å². The highest BCUT2D eigenvalue weighted by atomic mass is 32.2. The molecule has 1 aromatic heterocycles. The summed E-state index contributed by atoms with van der Waals surface area (Å²) in [6, 6.07) is 16.4. The molecule has 0 bridgehead atoms. The van der Waals surface area contributed by atoms with Crippen molar-refractivity contribution in [2.45, 2.75) is 18.4 Å².